The number of urea groups is 1. The summed E-state index contributed by atoms with van der Waals surface area (Å²) in [6, 6.07) is 7.34. The molecular formula is C20H28N4O4. The van der Waals surface area contributed by atoms with Crippen LogP contribution in [0.5, 0.6) is 5.75 Å². The SMILES string of the molecule is COc1ccc(CC(=O)N2CCN(C(=O)N(C)C)CC3(CNC(=O)C3)C2)cc1. The quantitative estimate of drug-likeness (QED) is 0.821. The maximum absolute atomic E-state index is 13.0. The molecule has 2 aliphatic heterocycles. The predicted octanol–water partition coefficient (Wildman–Crippen LogP) is 0.570. The van der Waals surface area contributed by atoms with Crippen molar-refractivity contribution in [3.05, 3.63) is 29.8 Å². The van der Waals surface area contributed by atoms with Crippen LogP contribution in [-0.4, -0.2) is 86.5 Å². The summed E-state index contributed by atoms with van der Waals surface area (Å²) in [5.74, 6) is 0.725. The summed E-state index contributed by atoms with van der Waals surface area (Å²) in [6.45, 7) is 2.34. The van der Waals surface area contributed by atoms with Crippen LogP contribution in [0, 0.1) is 5.41 Å². The number of nitrogens with zero attached hydrogens (tertiary/aromatic N) is 3. The van der Waals surface area contributed by atoms with Crippen LogP contribution in [-0.2, 0) is 16.0 Å². The fourth-order valence-electron chi connectivity index (χ4n) is 3.92. The fraction of sp³-hybridized carbons (Fsp3) is 0.550. The molecule has 1 spiro atoms. The van der Waals surface area contributed by atoms with E-state index in [2.05, 4.69) is 5.32 Å². The third-order valence-electron chi connectivity index (χ3n) is 5.41. The lowest BCUT2D eigenvalue weighted by Crippen LogP contribution is -2.47. The summed E-state index contributed by atoms with van der Waals surface area (Å²) in [6.07, 6.45) is 0.611. The molecule has 1 aromatic rings. The first-order valence-corrected chi connectivity index (χ1v) is 9.45. The van der Waals surface area contributed by atoms with Gasteiger partial charge in [-0.15, -0.1) is 0 Å². The minimum absolute atomic E-state index is 0.00282. The predicted molar refractivity (Wildman–Crippen MR) is 104 cm³/mol. The van der Waals surface area contributed by atoms with Crippen molar-refractivity contribution in [2.24, 2.45) is 5.41 Å². The Labute approximate surface area is 165 Å². The molecule has 1 N–H and O–H groups in total. The third kappa shape index (κ3) is 4.37. The van der Waals surface area contributed by atoms with Crippen LogP contribution < -0.4 is 10.1 Å². The minimum Gasteiger partial charge on any atom is -0.497 e. The van der Waals surface area contributed by atoms with Crippen molar-refractivity contribution in [1.82, 2.24) is 20.0 Å². The van der Waals surface area contributed by atoms with Crippen molar-refractivity contribution in [1.29, 1.82) is 0 Å². The number of methoxy groups -OCH3 is 1. The highest BCUT2D eigenvalue weighted by molar-refractivity contribution is 5.82. The number of carbonyl (C=O) groups is 3. The summed E-state index contributed by atoms with van der Waals surface area (Å²) in [5, 5.41) is 2.88. The van der Waals surface area contributed by atoms with E-state index in [0.717, 1.165) is 11.3 Å². The fourth-order valence-corrected chi connectivity index (χ4v) is 3.92. The molecule has 2 aliphatic rings. The molecule has 0 saturated carbocycles. The van der Waals surface area contributed by atoms with Crippen LogP contribution in [0.25, 0.3) is 0 Å². The summed E-state index contributed by atoms with van der Waals surface area (Å²) in [7, 11) is 5.03. The summed E-state index contributed by atoms with van der Waals surface area (Å²) in [4.78, 5) is 42.5. The molecule has 3 rings (SSSR count). The molecule has 0 aliphatic carbocycles. The standard InChI is InChI=1S/C20H28N4O4/c1-22(2)19(27)24-9-8-23(13-20(14-24)11-17(25)21-12-20)18(26)10-15-4-6-16(28-3)7-5-15/h4-7H,8-14H2,1-3H3,(H,21,25). The van der Waals surface area contributed by atoms with Gasteiger partial charge in [0.1, 0.15) is 5.75 Å². The van der Waals surface area contributed by atoms with Crippen molar-refractivity contribution in [3.8, 4) is 5.75 Å². The van der Waals surface area contributed by atoms with E-state index >= 15 is 0 Å². The number of rotatable bonds is 3. The van der Waals surface area contributed by atoms with Crippen molar-refractivity contribution in [2.45, 2.75) is 12.8 Å². The molecule has 2 fully saturated rings. The van der Waals surface area contributed by atoms with Gasteiger partial charge in [0.25, 0.3) is 0 Å². The van der Waals surface area contributed by atoms with E-state index in [1.807, 2.05) is 24.3 Å². The molecule has 8 heteroatoms. The summed E-state index contributed by atoms with van der Waals surface area (Å²) in [5.41, 5.74) is 0.473. The lowest BCUT2D eigenvalue weighted by Gasteiger charge is -2.33. The molecule has 1 atom stereocenters. The van der Waals surface area contributed by atoms with Gasteiger partial charge in [-0.1, -0.05) is 12.1 Å². The second kappa shape index (κ2) is 8.08. The summed E-state index contributed by atoms with van der Waals surface area (Å²) < 4.78 is 5.16. The van der Waals surface area contributed by atoms with Gasteiger partial charge in [-0.2, -0.15) is 0 Å². The maximum Gasteiger partial charge on any atom is 0.319 e. The molecule has 0 bridgehead atoms. The average Bonchev–Trinajstić information content (AvgIpc) is 2.92. The largest absolute Gasteiger partial charge is 0.497 e. The molecule has 4 amide bonds. The molecule has 0 aromatic heterocycles. The van der Waals surface area contributed by atoms with E-state index < -0.39 is 5.41 Å². The highest BCUT2D eigenvalue weighted by atomic mass is 16.5. The zero-order chi connectivity index (χ0) is 20.3. The van der Waals surface area contributed by atoms with Crippen LogP contribution >= 0.6 is 0 Å². The van der Waals surface area contributed by atoms with Gasteiger partial charge in [0.2, 0.25) is 11.8 Å². The Bertz CT molecular complexity index is 749. The first kappa shape index (κ1) is 20.0. The van der Waals surface area contributed by atoms with Gasteiger partial charge >= 0.3 is 6.03 Å². The Hall–Kier alpha value is -2.77. The van der Waals surface area contributed by atoms with Gasteiger partial charge in [-0.05, 0) is 17.7 Å². The average molecular weight is 388 g/mol. The lowest BCUT2D eigenvalue weighted by atomic mass is 9.86. The van der Waals surface area contributed by atoms with Crippen molar-refractivity contribution < 1.29 is 19.1 Å². The number of hydrogen-bond donors (Lipinski definition) is 1. The van der Waals surface area contributed by atoms with Gasteiger partial charge in [0.05, 0.1) is 13.5 Å². The smallest absolute Gasteiger partial charge is 0.319 e. The second-order valence-corrected chi connectivity index (χ2v) is 7.89. The van der Waals surface area contributed by atoms with Gasteiger partial charge in [-0.3, -0.25) is 9.59 Å². The van der Waals surface area contributed by atoms with Crippen LogP contribution in [0.1, 0.15) is 12.0 Å². The van der Waals surface area contributed by atoms with Crippen LogP contribution in [0.15, 0.2) is 24.3 Å². The van der Waals surface area contributed by atoms with E-state index in [-0.39, 0.29) is 24.3 Å². The Balaban J connectivity index is 1.75. The Morgan fingerprint density at radius 3 is 2.36 bits per heavy atom. The van der Waals surface area contributed by atoms with Crippen LogP contribution in [0.4, 0.5) is 4.79 Å². The highest BCUT2D eigenvalue weighted by Gasteiger charge is 2.45. The van der Waals surface area contributed by atoms with Gasteiger partial charge in [0, 0.05) is 58.7 Å². The first-order valence-electron chi connectivity index (χ1n) is 9.45. The Morgan fingerprint density at radius 1 is 1.14 bits per heavy atom. The van der Waals surface area contributed by atoms with E-state index in [9.17, 15) is 14.4 Å². The number of carbonyl (C=O) groups excluding carboxylic acids is 3. The van der Waals surface area contributed by atoms with Crippen LogP contribution in [0.3, 0.4) is 0 Å². The normalized spacial score (nSPS) is 22.0. The van der Waals surface area contributed by atoms with Crippen molar-refractivity contribution in [3.63, 3.8) is 0 Å². The van der Waals surface area contributed by atoms with Crippen molar-refractivity contribution in [2.75, 3.05) is 53.9 Å². The van der Waals surface area contributed by atoms with Gasteiger partial charge in [0.15, 0.2) is 0 Å². The van der Waals surface area contributed by atoms with E-state index in [4.69, 9.17) is 4.74 Å². The van der Waals surface area contributed by atoms with E-state index in [1.54, 1.807) is 31.0 Å². The second-order valence-electron chi connectivity index (χ2n) is 7.89. The third-order valence-corrected chi connectivity index (χ3v) is 5.41. The summed E-state index contributed by atoms with van der Waals surface area (Å²) >= 11 is 0. The maximum atomic E-state index is 13.0. The topological polar surface area (TPSA) is 82.2 Å². The number of nitrogens with one attached hydrogen (secondary N) is 1. The number of amides is 4. The Morgan fingerprint density at radius 2 is 1.79 bits per heavy atom. The Kier molecular flexibility index (Phi) is 5.76. The van der Waals surface area contributed by atoms with Crippen molar-refractivity contribution >= 4 is 17.8 Å². The number of benzene rings is 1. The van der Waals surface area contributed by atoms with Gasteiger partial charge < -0.3 is 24.8 Å². The molecule has 28 heavy (non-hydrogen) atoms. The lowest BCUT2D eigenvalue weighted by molar-refractivity contribution is -0.131. The number of hydrogen-bond acceptors (Lipinski definition) is 4. The molecule has 0 radical (unpaired) electrons. The van der Waals surface area contributed by atoms with Crippen LogP contribution in [0.2, 0.25) is 0 Å². The zero-order valence-electron chi connectivity index (χ0n) is 16.7. The molecule has 2 heterocycles. The minimum atomic E-state index is -0.436. The van der Waals surface area contributed by atoms with E-state index in [1.165, 1.54) is 4.90 Å². The number of ether oxygens (including phenoxy) is 1. The van der Waals surface area contributed by atoms with E-state index in [0.29, 0.717) is 39.1 Å². The molecule has 152 valence electrons. The monoisotopic (exact) mass is 388 g/mol. The zero-order valence-corrected chi connectivity index (χ0v) is 16.7. The highest BCUT2D eigenvalue weighted by Crippen LogP contribution is 2.31. The first-order chi connectivity index (χ1) is 13.3. The van der Waals surface area contributed by atoms with Gasteiger partial charge in [-0.25, -0.2) is 4.79 Å². The molecule has 8 nitrogen and oxygen atoms in total. The molecule has 2 saturated heterocycles. The molecular weight excluding hydrogens is 360 g/mol. The molecule has 1 aromatic carbocycles. The molecule has 1 unspecified atom stereocenters.